The minimum Gasteiger partial charge on any atom is -0.465 e. The smallest absolute Gasteiger partial charge is 0.410 e. The first-order valence-electron chi connectivity index (χ1n) is 11.3. The SMILES string of the molecule is COC(=O)c1ccc(N2CCC(CC3CCN(C(=O)OC(C)(C)C)CC3)CC2)cc1Br. The zero-order valence-electron chi connectivity index (χ0n) is 19.2. The minimum atomic E-state index is -0.433. The summed E-state index contributed by atoms with van der Waals surface area (Å²) in [5, 5.41) is 0. The molecule has 0 spiro atoms. The summed E-state index contributed by atoms with van der Waals surface area (Å²) in [6.45, 7) is 9.41. The molecule has 2 heterocycles. The van der Waals surface area contributed by atoms with E-state index >= 15 is 0 Å². The lowest BCUT2D eigenvalue weighted by Gasteiger charge is -2.38. The highest BCUT2D eigenvalue weighted by Gasteiger charge is 2.29. The van der Waals surface area contributed by atoms with Crippen molar-refractivity contribution in [2.45, 2.75) is 58.5 Å². The number of hydrogen-bond donors (Lipinski definition) is 0. The summed E-state index contributed by atoms with van der Waals surface area (Å²) >= 11 is 3.50. The molecule has 31 heavy (non-hydrogen) atoms. The molecule has 0 aliphatic carbocycles. The van der Waals surface area contributed by atoms with Gasteiger partial charge in [0.15, 0.2) is 0 Å². The van der Waals surface area contributed by atoms with E-state index in [0.717, 1.165) is 55.1 Å². The zero-order chi connectivity index (χ0) is 22.6. The maximum Gasteiger partial charge on any atom is 0.410 e. The predicted octanol–water partition coefficient (Wildman–Crippen LogP) is 5.49. The Morgan fingerprint density at radius 1 is 1.03 bits per heavy atom. The Bertz CT molecular complexity index is 776. The standard InChI is InChI=1S/C24H35BrN2O4/c1-24(2,3)31-23(29)27-13-9-18(10-14-27)15-17-7-11-26(12-8-17)19-5-6-20(21(25)16-19)22(28)30-4/h5-6,16-18H,7-15H2,1-4H3. The maximum atomic E-state index is 12.2. The van der Waals surface area contributed by atoms with Crippen LogP contribution >= 0.6 is 15.9 Å². The molecule has 6 nitrogen and oxygen atoms in total. The van der Waals surface area contributed by atoms with Crippen LogP contribution in [0.2, 0.25) is 0 Å². The van der Waals surface area contributed by atoms with E-state index in [0.29, 0.717) is 11.5 Å². The average molecular weight is 495 g/mol. The second-order valence-electron chi connectivity index (χ2n) is 9.73. The number of ether oxygens (including phenoxy) is 2. The number of amides is 1. The molecule has 0 radical (unpaired) electrons. The summed E-state index contributed by atoms with van der Waals surface area (Å²) in [5.74, 6) is 1.12. The first kappa shape index (κ1) is 23.9. The van der Waals surface area contributed by atoms with E-state index in [1.165, 1.54) is 26.4 Å². The third-order valence-electron chi connectivity index (χ3n) is 6.27. The summed E-state index contributed by atoms with van der Waals surface area (Å²) in [5.41, 5.74) is 1.26. The van der Waals surface area contributed by atoms with Gasteiger partial charge < -0.3 is 19.3 Å². The molecule has 2 saturated heterocycles. The normalized spacial score (nSPS) is 18.7. The number of rotatable bonds is 4. The van der Waals surface area contributed by atoms with Gasteiger partial charge in [-0.2, -0.15) is 0 Å². The second-order valence-corrected chi connectivity index (χ2v) is 10.6. The molecule has 0 N–H and O–H groups in total. The van der Waals surface area contributed by atoms with Crippen LogP contribution in [0.4, 0.5) is 10.5 Å². The number of benzene rings is 1. The Morgan fingerprint density at radius 2 is 1.61 bits per heavy atom. The molecule has 172 valence electrons. The van der Waals surface area contributed by atoms with E-state index in [1.54, 1.807) is 0 Å². The topological polar surface area (TPSA) is 59.1 Å². The van der Waals surface area contributed by atoms with E-state index in [9.17, 15) is 9.59 Å². The van der Waals surface area contributed by atoms with Gasteiger partial charge in [0.05, 0.1) is 12.7 Å². The van der Waals surface area contributed by atoms with Crippen molar-refractivity contribution in [3.05, 3.63) is 28.2 Å². The van der Waals surface area contributed by atoms with Crippen LogP contribution in [0.1, 0.15) is 63.2 Å². The fraction of sp³-hybridized carbons (Fsp3) is 0.667. The van der Waals surface area contributed by atoms with Crippen molar-refractivity contribution in [2.75, 3.05) is 38.2 Å². The van der Waals surface area contributed by atoms with Crippen molar-refractivity contribution in [1.82, 2.24) is 4.90 Å². The number of carbonyl (C=O) groups excluding carboxylic acids is 2. The van der Waals surface area contributed by atoms with Crippen LogP contribution in [0.25, 0.3) is 0 Å². The summed E-state index contributed by atoms with van der Waals surface area (Å²) in [6.07, 6.45) is 5.58. The predicted molar refractivity (Wildman–Crippen MR) is 126 cm³/mol. The van der Waals surface area contributed by atoms with Crippen molar-refractivity contribution in [1.29, 1.82) is 0 Å². The molecular formula is C24H35BrN2O4. The molecule has 7 heteroatoms. The van der Waals surface area contributed by atoms with Gasteiger partial charge in [-0.1, -0.05) is 0 Å². The molecule has 2 aliphatic heterocycles. The van der Waals surface area contributed by atoms with E-state index in [-0.39, 0.29) is 12.1 Å². The highest BCUT2D eigenvalue weighted by atomic mass is 79.9. The minimum absolute atomic E-state index is 0.177. The fourth-order valence-electron chi connectivity index (χ4n) is 4.55. The van der Waals surface area contributed by atoms with Crippen LogP contribution in [0.5, 0.6) is 0 Å². The number of nitrogens with zero attached hydrogens (tertiary/aromatic N) is 2. The zero-order valence-corrected chi connectivity index (χ0v) is 20.7. The number of esters is 1. The molecule has 1 aromatic rings. The molecule has 0 unspecified atom stereocenters. The summed E-state index contributed by atoms with van der Waals surface area (Å²) in [4.78, 5) is 28.3. The Balaban J connectivity index is 1.43. The van der Waals surface area contributed by atoms with Gasteiger partial charge in [0.25, 0.3) is 0 Å². The molecule has 0 atom stereocenters. The van der Waals surface area contributed by atoms with E-state index in [2.05, 4.69) is 20.8 Å². The van der Waals surface area contributed by atoms with Gasteiger partial charge in [0.2, 0.25) is 0 Å². The van der Waals surface area contributed by atoms with Crippen LogP contribution in [0.3, 0.4) is 0 Å². The Labute approximate surface area is 194 Å². The van der Waals surface area contributed by atoms with Gasteiger partial charge in [-0.25, -0.2) is 9.59 Å². The van der Waals surface area contributed by atoms with Crippen LogP contribution in [0.15, 0.2) is 22.7 Å². The number of carbonyl (C=O) groups is 2. The molecule has 3 rings (SSSR count). The van der Waals surface area contributed by atoms with Crippen LogP contribution in [-0.2, 0) is 9.47 Å². The Hall–Kier alpha value is -1.76. The maximum absolute atomic E-state index is 12.2. The monoisotopic (exact) mass is 494 g/mol. The molecule has 0 bridgehead atoms. The number of halogens is 1. The van der Waals surface area contributed by atoms with Crippen LogP contribution in [-0.4, -0.2) is 55.9 Å². The van der Waals surface area contributed by atoms with Crippen molar-refractivity contribution >= 4 is 33.7 Å². The lowest BCUT2D eigenvalue weighted by Crippen LogP contribution is -2.42. The van der Waals surface area contributed by atoms with Crippen LogP contribution < -0.4 is 4.90 Å². The third-order valence-corrected chi connectivity index (χ3v) is 6.93. The summed E-state index contributed by atoms with van der Waals surface area (Å²) in [6, 6.07) is 5.85. The number of anilines is 1. The van der Waals surface area contributed by atoms with Gasteiger partial charge in [-0.3, -0.25) is 0 Å². The largest absolute Gasteiger partial charge is 0.465 e. The first-order chi connectivity index (χ1) is 14.7. The molecule has 0 saturated carbocycles. The van der Waals surface area contributed by atoms with Crippen molar-refractivity contribution in [3.63, 3.8) is 0 Å². The second kappa shape index (κ2) is 10.2. The number of hydrogen-bond acceptors (Lipinski definition) is 5. The van der Waals surface area contributed by atoms with Crippen molar-refractivity contribution in [3.8, 4) is 0 Å². The van der Waals surface area contributed by atoms with E-state index < -0.39 is 5.60 Å². The number of methoxy groups -OCH3 is 1. The average Bonchev–Trinajstić information content (AvgIpc) is 2.73. The molecule has 2 aliphatic rings. The van der Waals surface area contributed by atoms with E-state index in [4.69, 9.17) is 9.47 Å². The summed E-state index contributed by atoms with van der Waals surface area (Å²) < 4.78 is 11.1. The molecule has 1 aromatic carbocycles. The fourth-order valence-corrected chi connectivity index (χ4v) is 5.08. The van der Waals surface area contributed by atoms with Crippen LogP contribution in [0, 0.1) is 11.8 Å². The van der Waals surface area contributed by atoms with Crippen molar-refractivity contribution < 1.29 is 19.1 Å². The Morgan fingerprint density at radius 3 is 2.13 bits per heavy atom. The van der Waals surface area contributed by atoms with E-state index in [1.807, 2.05) is 43.9 Å². The van der Waals surface area contributed by atoms with Gasteiger partial charge in [0.1, 0.15) is 5.60 Å². The van der Waals surface area contributed by atoms with Gasteiger partial charge in [0, 0.05) is 36.3 Å². The molecule has 0 aromatic heterocycles. The first-order valence-corrected chi connectivity index (χ1v) is 12.1. The molecule has 2 fully saturated rings. The third kappa shape index (κ3) is 6.61. The van der Waals surface area contributed by atoms with Crippen molar-refractivity contribution in [2.24, 2.45) is 11.8 Å². The molecular weight excluding hydrogens is 460 g/mol. The highest BCUT2D eigenvalue weighted by Crippen LogP contribution is 2.33. The molecule has 1 amide bonds. The van der Waals surface area contributed by atoms with Gasteiger partial charge >= 0.3 is 12.1 Å². The number of piperidine rings is 2. The lowest BCUT2D eigenvalue weighted by molar-refractivity contribution is 0.0174. The number of likely N-dealkylation sites (tertiary alicyclic amines) is 1. The van der Waals surface area contributed by atoms with Gasteiger partial charge in [-0.15, -0.1) is 0 Å². The van der Waals surface area contributed by atoms with Gasteiger partial charge in [-0.05, 0) is 98.8 Å². The Kier molecular flexibility index (Phi) is 7.89. The summed E-state index contributed by atoms with van der Waals surface area (Å²) in [7, 11) is 1.40. The highest BCUT2D eigenvalue weighted by molar-refractivity contribution is 9.10. The lowest BCUT2D eigenvalue weighted by atomic mass is 9.83. The quantitative estimate of drug-likeness (QED) is 0.517.